The minimum Gasteiger partial charge on any atom is -0.488 e. The van der Waals surface area contributed by atoms with E-state index in [1.807, 2.05) is 6.92 Å². The summed E-state index contributed by atoms with van der Waals surface area (Å²) in [7, 11) is 0. The van der Waals surface area contributed by atoms with Gasteiger partial charge in [-0.25, -0.2) is 4.39 Å². The van der Waals surface area contributed by atoms with Crippen LogP contribution in [0.5, 0.6) is 5.75 Å². The van der Waals surface area contributed by atoms with Crippen molar-refractivity contribution in [3.05, 3.63) is 74.4 Å². The standard InChI is InChI=1S/C20H17FN2O4S2/c1-2-9-22-19(24)18(29-20(22)28)11-14-10-16(23(25)26)7-8-17(14)27-12-13-3-5-15(21)6-4-13/h3-8,10-11H,2,9,12H2,1H3/b18-11+. The Balaban J connectivity index is 1.90. The molecule has 0 aromatic heterocycles. The van der Waals surface area contributed by atoms with Gasteiger partial charge in [0.25, 0.3) is 11.6 Å². The smallest absolute Gasteiger partial charge is 0.270 e. The average molecular weight is 432 g/mol. The molecule has 0 aliphatic carbocycles. The van der Waals surface area contributed by atoms with Gasteiger partial charge >= 0.3 is 0 Å². The zero-order valence-electron chi connectivity index (χ0n) is 15.5. The van der Waals surface area contributed by atoms with Crippen molar-refractivity contribution in [1.82, 2.24) is 4.90 Å². The first-order chi connectivity index (χ1) is 13.9. The highest BCUT2D eigenvalue weighted by molar-refractivity contribution is 8.26. The van der Waals surface area contributed by atoms with E-state index < -0.39 is 4.92 Å². The van der Waals surface area contributed by atoms with E-state index in [9.17, 15) is 19.3 Å². The second-order valence-electron chi connectivity index (χ2n) is 6.23. The largest absolute Gasteiger partial charge is 0.488 e. The Bertz CT molecular complexity index is 992. The molecule has 9 heteroatoms. The van der Waals surface area contributed by atoms with E-state index in [4.69, 9.17) is 17.0 Å². The molecule has 1 saturated heterocycles. The normalized spacial score (nSPS) is 15.2. The third-order valence-corrected chi connectivity index (χ3v) is 5.50. The van der Waals surface area contributed by atoms with E-state index >= 15 is 0 Å². The molecule has 150 valence electrons. The first-order valence-corrected chi connectivity index (χ1v) is 10.0. The first-order valence-electron chi connectivity index (χ1n) is 8.80. The van der Waals surface area contributed by atoms with Gasteiger partial charge in [0.05, 0.1) is 9.83 Å². The number of ether oxygens (including phenoxy) is 1. The molecule has 0 spiro atoms. The maximum atomic E-state index is 13.1. The number of carbonyl (C=O) groups excluding carboxylic acids is 1. The zero-order valence-corrected chi connectivity index (χ0v) is 17.1. The number of thiocarbonyl (C=S) groups is 1. The van der Waals surface area contributed by atoms with Crippen molar-refractivity contribution in [1.29, 1.82) is 0 Å². The fourth-order valence-electron chi connectivity index (χ4n) is 2.69. The summed E-state index contributed by atoms with van der Waals surface area (Å²) in [5.74, 6) is -0.197. The topological polar surface area (TPSA) is 72.7 Å². The number of nitrogens with zero attached hydrogens (tertiary/aromatic N) is 2. The number of hydrogen-bond donors (Lipinski definition) is 0. The summed E-state index contributed by atoms with van der Waals surface area (Å²) in [6.07, 6.45) is 2.32. The van der Waals surface area contributed by atoms with Gasteiger partial charge < -0.3 is 4.74 Å². The molecular weight excluding hydrogens is 415 g/mol. The van der Waals surface area contributed by atoms with Crippen molar-refractivity contribution >= 4 is 46.0 Å². The van der Waals surface area contributed by atoms with E-state index in [0.717, 1.165) is 23.7 Å². The molecule has 0 radical (unpaired) electrons. The lowest BCUT2D eigenvalue weighted by Crippen LogP contribution is -2.28. The minimum absolute atomic E-state index is 0.116. The highest BCUT2D eigenvalue weighted by atomic mass is 32.2. The van der Waals surface area contributed by atoms with Crippen LogP contribution in [0.15, 0.2) is 47.4 Å². The number of rotatable bonds is 7. The predicted octanol–water partition coefficient (Wildman–Crippen LogP) is 4.92. The van der Waals surface area contributed by atoms with E-state index in [1.165, 1.54) is 35.2 Å². The van der Waals surface area contributed by atoms with Crippen molar-refractivity contribution < 1.29 is 18.8 Å². The summed E-state index contributed by atoms with van der Waals surface area (Å²) in [6.45, 7) is 2.62. The van der Waals surface area contributed by atoms with Crippen molar-refractivity contribution in [2.24, 2.45) is 0 Å². The Labute approximate surface area is 176 Å². The number of benzene rings is 2. The molecule has 1 aliphatic rings. The molecule has 1 heterocycles. The maximum Gasteiger partial charge on any atom is 0.270 e. The van der Waals surface area contributed by atoms with E-state index in [-0.39, 0.29) is 24.0 Å². The molecule has 1 amide bonds. The number of halogens is 1. The Morgan fingerprint density at radius 1 is 1.28 bits per heavy atom. The Morgan fingerprint density at radius 3 is 2.66 bits per heavy atom. The van der Waals surface area contributed by atoms with Crippen molar-refractivity contribution in [3.8, 4) is 5.75 Å². The Hall–Kier alpha value is -2.78. The van der Waals surface area contributed by atoms with Crippen LogP contribution in [0.1, 0.15) is 24.5 Å². The van der Waals surface area contributed by atoms with Gasteiger partial charge in [0, 0.05) is 24.2 Å². The summed E-state index contributed by atoms with van der Waals surface area (Å²) >= 11 is 6.42. The van der Waals surface area contributed by atoms with Gasteiger partial charge in [0.2, 0.25) is 0 Å². The van der Waals surface area contributed by atoms with Gasteiger partial charge in [-0.3, -0.25) is 19.8 Å². The molecule has 0 unspecified atom stereocenters. The van der Waals surface area contributed by atoms with Crippen LogP contribution in [0.25, 0.3) is 6.08 Å². The lowest BCUT2D eigenvalue weighted by molar-refractivity contribution is -0.384. The van der Waals surface area contributed by atoms with Gasteiger partial charge in [-0.1, -0.05) is 43.0 Å². The summed E-state index contributed by atoms with van der Waals surface area (Å²) in [5, 5.41) is 11.2. The predicted molar refractivity (Wildman–Crippen MR) is 114 cm³/mol. The molecule has 6 nitrogen and oxygen atoms in total. The average Bonchev–Trinajstić information content (AvgIpc) is 2.96. The number of thioether (sulfide) groups is 1. The maximum absolute atomic E-state index is 13.1. The van der Waals surface area contributed by atoms with Gasteiger partial charge in [-0.05, 0) is 36.3 Å². The summed E-state index contributed by atoms with van der Waals surface area (Å²) in [6, 6.07) is 10.0. The summed E-state index contributed by atoms with van der Waals surface area (Å²) < 4.78 is 19.3. The van der Waals surface area contributed by atoms with Crippen LogP contribution in [0.2, 0.25) is 0 Å². The van der Waals surface area contributed by atoms with Crippen LogP contribution >= 0.6 is 24.0 Å². The molecule has 2 aromatic rings. The minimum atomic E-state index is -0.511. The number of nitro groups is 1. The van der Waals surface area contributed by atoms with Gasteiger partial charge in [0.15, 0.2) is 0 Å². The molecule has 3 rings (SSSR count). The third-order valence-electron chi connectivity index (χ3n) is 4.12. The van der Waals surface area contributed by atoms with E-state index in [1.54, 1.807) is 18.2 Å². The van der Waals surface area contributed by atoms with Crippen LogP contribution in [-0.2, 0) is 11.4 Å². The fraction of sp³-hybridized carbons (Fsp3) is 0.200. The van der Waals surface area contributed by atoms with Crippen LogP contribution in [0.4, 0.5) is 10.1 Å². The molecule has 1 aliphatic heterocycles. The molecular formula is C20H17FN2O4S2. The molecule has 2 aromatic carbocycles. The third kappa shape index (κ3) is 4.99. The van der Waals surface area contributed by atoms with E-state index in [0.29, 0.717) is 27.1 Å². The quantitative estimate of drug-likeness (QED) is 0.268. The number of nitro benzene ring substituents is 1. The Kier molecular flexibility index (Phi) is 6.60. The van der Waals surface area contributed by atoms with Crippen LogP contribution < -0.4 is 4.74 Å². The number of amides is 1. The van der Waals surface area contributed by atoms with Crippen molar-refractivity contribution in [2.75, 3.05) is 6.54 Å². The molecule has 0 N–H and O–H groups in total. The second-order valence-corrected chi connectivity index (χ2v) is 7.90. The molecule has 0 saturated carbocycles. The van der Waals surface area contributed by atoms with Crippen LogP contribution in [0.3, 0.4) is 0 Å². The lowest BCUT2D eigenvalue weighted by atomic mass is 10.1. The Morgan fingerprint density at radius 2 is 2.00 bits per heavy atom. The zero-order chi connectivity index (χ0) is 21.0. The molecule has 29 heavy (non-hydrogen) atoms. The number of carbonyl (C=O) groups is 1. The van der Waals surface area contributed by atoms with Crippen molar-refractivity contribution in [3.63, 3.8) is 0 Å². The van der Waals surface area contributed by atoms with Gasteiger partial charge in [0.1, 0.15) is 22.5 Å². The summed E-state index contributed by atoms with van der Waals surface area (Å²) in [4.78, 5) is 25.2. The second kappa shape index (κ2) is 9.15. The monoisotopic (exact) mass is 432 g/mol. The van der Waals surface area contributed by atoms with E-state index in [2.05, 4.69) is 0 Å². The number of non-ortho nitro benzene ring substituents is 1. The fourth-order valence-corrected chi connectivity index (χ4v) is 3.99. The summed E-state index contributed by atoms with van der Waals surface area (Å²) in [5.41, 5.74) is 1.03. The van der Waals surface area contributed by atoms with Crippen molar-refractivity contribution in [2.45, 2.75) is 20.0 Å². The molecule has 1 fully saturated rings. The molecule has 0 bridgehead atoms. The van der Waals surface area contributed by atoms with Gasteiger partial charge in [-0.2, -0.15) is 0 Å². The number of hydrogen-bond acceptors (Lipinski definition) is 6. The highest BCUT2D eigenvalue weighted by Crippen LogP contribution is 2.35. The first kappa shape index (κ1) is 20.9. The van der Waals surface area contributed by atoms with Crippen LogP contribution in [-0.4, -0.2) is 26.6 Å². The van der Waals surface area contributed by atoms with Gasteiger partial charge in [-0.15, -0.1) is 0 Å². The van der Waals surface area contributed by atoms with Crippen LogP contribution in [0, 0.1) is 15.9 Å². The SMILES string of the molecule is CCCN1C(=O)/C(=C\c2cc([N+](=O)[O-])ccc2OCc2ccc(F)cc2)SC1=S. The lowest BCUT2D eigenvalue weighted by Gasteiger charge is -2.12. The molecule has 0 atom stereocenters. The highest BCUT2D eigenvalue weighted by Gasteiger charge is 2.31.